The smallest absolute Gasteiger partial charge is 0.273 e. The zero-order valence-corrected chi connectivity index (χ0v) is 9.60. The SMILES string of the molecule is O=c1cn[nH]c(=S)n1Cc1cc(F)c(F)cc1F. The van der Waals surface area contributed by atoms with E-state index in [4.69, 9.17) is 12.2 Å². The Morgan fingerprint density at radius 2 is 1.89 bits per heavy atom. The molecular weight excluding hydrogens is 267 g/mol. The van der Waals surface area contributed by atoms with Crippen molar-refractivity contribution in [3.8, 4) is 0 Å². The number of hydrogen-bond donors (Lipinski definition) is 1. The molecule has 4 nitrogen and oxygen atoms in total. The molecule has 1 aromatic heterocycles. The van der Waals surface area contributed by atoms with E-state index in [0.29, 0.717) is 12.1 Å². The summed E-state index contributed by atoms with van der Waals surface area (Å²) < 4.78 is 40.1. The fourth-order valence-electron chi connectivity index (χ4n) is 1.38. The third-order valence-corrected chi connectivity index (χ3v) is 2.58. The van der Waals surface area contributed by atoms with Gasteiger partial charge in [-0.2, -0.15) is 5.10 Å². The highest BCUT2D eigenvalue weighted by Crippen LogP contribution is 2.14. The Kier molecular flexibility index (Phi) is 3.28. The molecule has 0 atom stereocenters. The third kappa shape index (κ3) is 2.33. The highest BCUT2D eigenvalue weighted by Gasteiger charge is 2.11. The van der Waals surface area contributed by atoms with Crippen LogP contribution in [0.3, 0.4) is 0 Å². The number of nitrogens with zero attached hydrogens (tertiary/aromatic N) is 2. The molecule has 0 fully saturated rings. The maximum atomic E-state index is 13.4. The minimum atomic E-state index is -1.29. The lowest BCUT2D eigenvalue weighted by molar-refractivity contribution is 0.487. The topological polar surface area (TPSA) is 50.7 Å². The molecule has 0 aliphatic rings. The van der Waals surface area contributed by atoms with Gasteiger partial charge in [-0.15, -0.1) is 0 Å². The van der Waals surface area contributed by atoms with Gasteiger partial charge in [0.1, 0.15) is 12.0 Å². The predicted octanol–water partition coefficient (Wildman–Crippen LogP) is 1.77. The van der Waals surface area contributed by atoms with Gasteiger partial charge in [-0.3, -0.25) is 14.5 Å². The summed E-state index contributed by atoms with van der Waals surface area (Å²) in [5.74, 6) is -3.43. The van der Waals surface area contributed by atoms with Gasteiger partial charge in [0.2, 0.25) is 0 Å². The third-order valence-electron chi connectivity index (χ3n) is 2.26. The molecule has 2 aromatic rings. The first-order chi connectivity index (χ1) is 8.49. The van der Waals surface area contributed by atoms with Crippen molar-refractivity contribution < 1.29 is 13.2 Å². The summed E-state index contributed by atoms with van der Waals surface area (Å²) in [6.07, 6.45) is 0.952. The van der Waals surface area contributed by atoms with E-state index in [-0.39, 0.29) is 16.9 Å². The maximum Gasteiger partial charge on any atom is 0.273 e. The number of rotatable bonds is 2. The van der Waals surface area contributed by atoms with Crippen LogP contribution in [0.1, 0.15) is 5.56 Å². The second-order valence-electron chi connectivity index (χ2n) is 3.46. The molecule has 8 heteroatoms. The summed E-state index contributed by atoms with van der Waals surface area (Å²) >= 11 is 4.80. The van der Waals surface area contributed by atoms with Crippen LogP contribution in [0.15, 0.2) is 23.1 Å². The van der Waals surface area contributed by atoms with E-state index in [1.807, 2.05) is 0 Å². The molecule has 1 N–H and O–H groups in total. The maximum absolute atomic E-state index is 13.4. The van der Waals surface area contributed by atoms with Crippen LogP contribution >= 0.6 is 12.2 Å². The summed E-state index contributed by atoms with van der Waals surface area (Å²) in [4.78, 5) is 11.4. The summed E-state index contributed by atoms with van der Waals surface area (Å²) in [5.41, 5.74) is -0.746. The van der Waals surface area contributed by atoms with E-state index in [1.165, 1.54) is 0 Å². The van der Waals surface area contributed by atoms with Crippen LogP contribution in [-0.2, 0) is 6.54 Å². The van der Waals surface area contributed by atoms with Crippen molar-refractivity contribution in [3.05, 3.63) is 56.5 Å². The molecule has 2 rings (SSSR count). The molecule has 0 saturated heterocycles. The highest BCUT2D eigenvalue weighted by atomic mass is 32.1. The van der Waals surface area contributed by atoms with Gasteiger partial charge in [0.15, 0.2) is 16.4 Å². The number of aromatic amines is 1. The first-order valence-electron chi connectivity index (χ1n) is 4.77. The van der Waals surface area contributed by atoms with Crippen molar-refractivity contribution in [1.82, 2.24) is 14.8 Å². The lowest BCUT2D eigenvalue weighted by Crippen LogP contribution is -2.23. The van der Waals surface area contributed by atoms with Crippen LogP contribution in [0.4, 0.5) is 13.2 Å². The molecule has 1 aromatic carbocycles. The van der Waals surface area contributed by atoms with E-state index in [2.05, 4.69) is 10.2 Å². The molecule has 0 saturated carbocycles. The van der Waals surface area contributed by atoms with Crippen molar-refractivity contribution in [2.24, 2.45) is 0 Å². The lowest BCUT2D eigenvalue weighted by atomic mass is 10.2. The van der Waals surface area contributed by atoms with Crippen molar-refractivity contribution in [1.29, 1.82) is 0 Å². The van der Waals surface area contributed by atoms with E-state index in [9.17, 15) is 18.0 Å². The summed E-state index contributed by atoms with van der Waals surface area (Å²) in [5, 5.41) is 5.79. The van der Waals surface area contributed by atoms with Crippen LogP contribution in [0, 0.1) is 22.2 Å². The molecule has 0 amide bonds. The Morgan fingerprint density at radius 1 is 1.22 bits per heavy atom. The van der Waals surface area contributed by atoms with Crippen LogP contribution in [0.2, 0.25) is 0 Å². The van der Waals surface area contributed by atoms with Crippen LogP contribution in [0.25, 0.3) is 0 Å². The normalized spacial score (nSPS) is 10.6. The summed E-state index contributed by atoms with van der Waals surface area (Å²) in [7, 11) is 0. The van der Waals surface area contributed by atoms with Gasteiger partial charge < -0.3 is 0 Å². The largest absolute Gasteiger partial charge is 0.278 e. The van der Waals surface area contributed by atoms with Crippen molar-refractivity contribution in [2.45, 2.75) is 6.54 Å². The van der Waals surface area contributed by atoms with Gasteiger partial charge in [0.25, 0.3) is 5.56 Å². The Labute approximate surface area is 104 Å². The Morgan fingerprint density at radius 3 is 2.56 bits per heavy atom. The molecular formula is C10H6F3N3OS. The molecule has 0 radical (unpaired) electrons. The molecule has 0 aliphatic carbocycles. The van der Waals surface area contributed by atoms with Crippen LogP contribution in [-0.4, -0.2) is 14.8 Å². The number of aromatic nitrogens is 3. The van der Waals surface area contributed by atoms with Crippen molar-refractivity contribution in [3.63, 3.8) is 0 Å². The minimum absolute atomic E-state index is 0.0355. The molecule has 0 spiro atoms. The van der Waals surface area contributed by atoms with E-state index < -0.39 is 23.0 Å². The zero-order chi connectivity index (χ0) is 13.3. The molecule has 0 aliphatic heterocycles. The van der Waals surface area contributed by atoms with Gasteiger partial charge in [-0.05, 0) is 18.3 Å². The number of benzene rings is 1. The number of halogens is 3. The monoisotopic (exact) mass is 273 g/mol. The lowest BCUT2D eigenvalue weighted by Gasteiger charge is -2.06. The predicted molar refractivity (Wildman–Crippen MR) is 59.1 cm³/mol. The van der Waals surface area contributed by atoms with Crippen LogP contribution in [0.5, 0.6) is 0 Å². The molecule has 94 valence electrons. The fraction of sp³-hybridized carbons (Fsp3) is 0.100. The molecule has 0 unspecified atom stereocenters. The molecule has 18 heavy (non-hydrogen) atoms. The number of nitrogens with one attached hydrogen (secondary N) is 1. The number of hydrogen-bond acceptors (Lipinski definition) is 3. The van der Waals surface area contributed by atoms with E-state index in [0.717, 1.165) is 10.8 Å². The summed E-state index contributed by atoms with van der Waals surface area (Å²) in [6.45, 7) is -0.306. The Bertz CT molecular complexity index is 682. The van der Waals surface area contributed by atoms with Gasteiger partial charge in [-0.1, -0.05) is 0 Å². The second-order valence-corrected chi connectivity index (χ2v) is 3.84. The Hall–Kier alpha value is -1.96. The van der Waals surface area contributed by atoms with Gasteiger partial charge in [-0.25, -0.2) is 13.2 Å². The highest BCUT2D eigenvalue weighted by molar-refractivity contribution is 7.71. The van der Waals surface area contributed by atoms with E-state index in [1.54, 1.807) is 0 Å². The van der Waals surface area contributed by atoms with Gasteiger partial charge >= 0.3 is 0 Å². The van der Waals surface area contributed by atoms with Crippen LogP contribution < -0.4 is 5.56 Å². The first-order valence-corrected chi connectivity index (χ1v) is 5.18. The minimum Gasteiger partial charge on any atom is -0.278 e. The zero-order valence-electron chi connectivity index (χ0n) is 8.78. The van der Waals surface area contributed by atoms with Crippen molar-refractivity contribution in [2.75, 3.05) is 0 Å². The summed E-state index contributed by atoms with van der Waals surface area (Å²) in [6, 6.07) is 1.11. The average molecular weight is 273 g/mol. The fourth-order valence-corrected chi connectivity index (χ4v) is 1.59. The second kappa shape index (κ2) is 4.73. The van der Waals surface area contributed by atoms with E-state index >= 15 is 0 Å². The standard InChI is InChI=1S/C10H6F3N3OS/c11-6-2-8(13)7(12)1-5(6)4-16-9(17)3-14-15-10(16)18/h1-3H,4H2,(H,15,18). The van der Waals surface area contributed by atoms with Gasteiger partial charge in [0.05, 0.1) is 6.54 Å². The van der Waals surface area contributed by atoms with Gasteiger partial charge in [0, 0.05) is 11.6 Å². The quantitative estimate of drug-likeness (QED) is 0.670. The molecule has 1 heterocycles. The Balaban J connectivity index is 2.50. The first kappa shape index (κ1) is 12.5. The molecule has 0 bridgehead atoms. The number of H-pyrrole nitrogens is 1. The van der Waals surface area contributed by atoms with Crippen molar-refractivity contribution >= 4 is 12.2 Å². The average Bonchev–Trinajstić information content (AvgIpc) is 2.30.